The molecule has 2 rings (SSSR count). The van der Waals surface area contributed by atoms with Gasteiger partial charge >= 0.3 is 0 Å². The first-order chi connectivity index (χ1) is 9.11. The van der Waals surface area contributed by atoms with Crippen molar-refractivity contribution in [3.8, 4) is 0 Å². The van der Waals surface area contributed by atoms with Crippen LogP contribution in [-0.4, -0.2) is 10.9 Å². The second-order valence-electron chi connectivity index (χ2n) is 3.63. The maximum atomic E-state index is 13.5. The zero-order chi connectivity index (χ0) is 13.8. The zero-order valence-corrected chi connectivity index (χ0v) is 10.4. The number of nitrogens with one attached hydrogen (secondary N) is 2. The average Bonchev–Trinajstić information content (AvgIpc) is 2.43. The summed E-state index contributed by atoms with van der Waals surface area (Å²) in [6, 6.07) is 7.18. The van der Waals surface area contributed by atoms with E-state index in [2.05, 4.69) is 15.7 Å². The van der Waals surface area contributed by atoms with E-state index in [4.69, 9.17) is 17.4 Å². The van der Waals surface area contributed by atoms with E-state index in [0.717, 1.165) is 0 Å². The van der Waals surface area contributed by atoms with E-state index in [9.17, 15) is 9.18 Å². The first kappa shape index (κ1) is 13.3. The summed E-state index contributed by atoms with van der Waals surface area (Å²) in [5.41, 5.74) is 2.54. The molecule has 0 saturated heterocycles. The minimum atomic E-state index is -0.603. The van der Waals surface area contributed by atoms with E-state index >= 15 is 0 Å². The lowest BCUT2D eigenvalue weighted by atomic mass is 10.2. The maximum absolute atomic E-state index is 13.5. The third-order valence-corrected chi connectivity index (χ3v) is 2.69. The molecule has 98 valence electrons. The molecule has 0 aliphatic heterocycles. The van der Waals surface area contributed by atoms with Crippen molar-refractivity contribution in [1.29, 1.82) is 0 Å². The monoisotopic (exact) mass is 280 g/mol. The fraction of sp³-hybridized carbons (Fsp3) is 0. The van der Waals surface area contributed by atoms with Crippen molar-refractivity contribution in [3.63, 3.8) is 0 Å². The molecule has 0 atom stereocenters. The van der Waals surface area contributed by atoms with Gasteiger partial charge in [-0.3, -0.25) is 4.79 Å². The topological polar surface area (TPSA) is 80.0 Å². The van der Waals surface area contributed by atoms with Crippen LogP contribution in [0.25, 0.3) is 0 Å². The minimum Gasteiger partial charge on any atom is -0.318 e. The van der Waals surface area contributed by atoms with Gasteiger partial charge in [-0.15, -0.1) is 0 Å². The number of carbonyl (C=O) groups is 1. The number of rotatable bonds is 3. The molecule has 4 N–H and O–H groups in total. The van der Waals surface area contributed by atoms with Gasteiger partial charge in [-0.25, -0.2) is 15.2 Å². The molecular formula is C12H10ClFN4O. The summed E-state index contributed by atoms with van der Waals surface area (Å²) in [7, 11) is 0. The molecule has 0 fully saturated rings. The van der Waals surface area contributed by atoms with Gasteiger partial charge in [0.15, 0.2) is 0 Å². The number of halogens is 2. The zero-order valence-electron chi connectivity index (χ0n) is 9.65. The Balaban J connectivity index is 2.20. The van der Waals surface area contributed by atoms with Crippen LogP contribution in [-0.2, 0) is 0 Å². The van der Waals surface area contributed by atoms with Crippen LogP contribution in [0.5, 0.6) is 0 Å². The van der Waals surface area contributed by atoms with Gasteiger partial charge in [0.05, 0.1) is 16.3 Å². The number of hydrogen-bond acceptors (Lipinski definition) is 4. The van der Waals surface area contributed by atoms with E-state index in [1.54, 1.807) is 0 Å². The Morgan fingerprint density at radius 2 is 2.11 bits per heavy atom. The van der Waals surface area contributed by atoms with E-state index in [0.29, 0.717) is 5.82 Å². The van der Waals surface area contributed by atoms with Crippen molar-refractivity contribution >= 4 is 29.0 Å². The van der Waals surface area contributed by atoms with Crippen molar-refractivity contribution < 1.29 is 9.18 Å². The van der Waals surface area contributed by atoms with Gasteiger partial charge in [-0.05, 0) is 24.3 Å². The highest BCUT2D eigenvalue weighted by Gasteiger charge is 2.12. The van der Waals surface area contributed by atoms with Crippen molar-refractivity contribution in [1.82, 2.24) is 4.98 Å². The first-order valence-corrected chi connectivity index (χ1v) is 5.67. The van der Waals surface area contributed by atoms with Gasteiger partial charge in [0.1, 0.15) is 11.6 Å². The molecule has 1 amide bonds. The Morgan fingerprint density at radius 3 is 2.68 bits per heavy atom. The third-order valence-electron chi connectivity index (χ3n) is 2.37. The normalized spacial score (nSPS) is 10.1. The summed E-state index contributed by atoms with van der Waals surface area (Å²) in [5.74, 6) is 4.46. The number of para-hydroxylation sites is 1. The highest BCUT2D eigenvalue weighted by Crippen LogP contribution is 2.25. The van der Waals surface area contributed by atoms with Gasteiger partial charge in [0, 0.05) is 6.20 Å². The lowest BCUT2D eigenvalue weighted by molar-refractivity contribution is 0.102. The van der Waals surface area contributed by atoms with Gasteiger partial charge in [-0.2, -0.15) is 0 Å². The summed E-state index contributed by atoms with van der Waals surface area (Å²) < 4.78 is 13.5. The van der Waals surface area contributed by atoms with Crippen molar-refractivity contribution in [2.75, 3.05) is 10.7 Å². The number of carbonyl (C=O) groups excluding carboxylic acids is 1. The van der Waals surface area contributed by atoms with Crippen LogP contribution in [0.3, 0.4) is 0 Å². The van der Waals surface area contributed by atoms with Crippen molar-refractivity contribution in [2.45, 2.75) is 0 Å². The highest BCUT2D eigenvalue weighted by molar-refractivity contribution is 6.33. The van der Waals surface area contributed by atoms with E-state index < -0.39 is 11.7 Å². The fourth-order valence-electron chi connectivity index (χ4n) is 1.42. The van der Waals surface area contributed by atoms with E-state index in [1.807, 2.05) is 0 Å². The van der Waals surface area contributed by atoms with Crippen molar-refractivity contribution in [2.24, 2.45) is 5.84 Å². The molecule has 1 heterocycles. The van der Waals surface area contributed by atoms with E-state index in [-0.39, 0.29) is 16.3 Å². The van der Waals surface area contributed by atoms with Crippen LogP contribution >= 0.6 is 11.6 Å². The summed E-state index contributed by atoms with van der Waals surface area (Å²) in [5, 5.41) is 2.52. The number of pyridine rings is 1. The number of aromatic nitrogens is 1. The average molecular weight is 281 g/mol. The van der Waals surface area contributed by atoms with Crippen LogP contribution in [0.1, 0.15) is 10.4 Å². The maximum Gasteiger partial charge on any atom is 0.257 e. The largest absolute Gasteiger partial charge is 0.318 e. The standard InChI is InChI=1S/C12H10ClFN4O/c13-8-2-1-3-9(14)11(8)17-12(19)7-4-5-10(18-15)16-6-7/h1-6H,15H2,(H,16,18)(H,17,19). The lowest BCUT2D eigenvalue weighted by Crippen LogP contribution is -2.14. The molecule has 5 nitrogen and oxygen atoms in total. The number of nitrogens with zero attached hydrogens (tertiary/aromatic N) is 1. The molecule has 1 aromatic heterocycles. The fourth-order valence-corrected chi connectivity index (χ4v) is 1.63. The summed E-state index contributed by atoms with van der Waals surface area (Å²) in [6.45, 7) is 0. The van der Waals surface area contributed by atoms with Gasteiger partial charge in [0.2, 0.25) is 0 Å². The van der Waals surface area contributed by atoms with Gasteiger partial charge in [0.25, 0.3) is 5.91 Å². The molecule has 0 bridgehead atoms. The second kappa shape index (κ2) is 5.64. The molecule has 19 heavy (non-hydrogen) atoms. The Labute approximate surface area is 113 Å². The number of amides is 1. The molecule has 0 radical (unpaired) electrons. The van der Waals surface area contributed by atoms with Gasteiger partial charge in [-0.1, -0.05) is 17.7 Å². The third kappa shape index (κ3) is 2.98. The first-order valence-electron chi connectivity index (χ1n) is 5.30. The van der Waals surface area contributed by atoms with Crippen LogP contribution in [0, 0.1) is 5.82 Å². The summed E-state index contributed by atoms with van der Waals surface area (Å²) >= 11 is 5.81. The molecular weight excluding hydrogens is 271 g/mol. The molecule has 7 heteroatoms. The number of hydrazine groups is 1. The number of hydrogen-bond donors (Lipinski definition) is 3. The molecule has 0 spiro atoms. The summed E-state index contributed by atoms with van der Waals surface area (Å²) in [6.07, 6.45) is 1.32. The Kier molecular flexibility index (Phi) is 3.94. The smallest absolute Gasteiger partial charge is 0.257 e. The Morgan fingerprint density at radius 1 is 1.32 bits per heavy atom. The second-order valence-corrected chi connectivity index (χ2v) is 4.03. The van der Waals surface area contributed by atoms with Crippen LogP contribution < -0.4 is 16.6 Å². The van der Waals surface area contributed by atoms with Crippen LogP contribution in [0.2, 0.25) is 5.02 Å². The lowest BCUT2D eigenvalue weighted by Gasteiger charge is -2.08. The number of benzene rings is 1. The Hall–Kier alpha value is -2.18. The molecule has 0 saturated carbocycles. The molecule has 0 unspecified atom stereocenters. The van der Waals surface area contributed by atoms with Crippen molar-refractivity contribution in [3.05, 3.63) is 52.9 Å². The van der Waals surface area contributed by atoms with Crippen LogP contribution in [0.4, 0.5) is 15.9 Å². The Bertz CT molecular complexity index is 583. The van der Waals surface area contributed by atoms with E-state index in [1.165, 1.54) is 36.5 Å². The quantitative estimate of drug-likeness (QED) is 0.596. The molecule has 0 aliphatic carbocycles. The molecule has 1 aromatic carbocycles. The van der Waals surface area contributed by atoms with Crippen LogP contribution in [0.15, 0.2) is 36.5 Å². The summed E-state index contributed by atoms with van der Waals surface area (Å²) in [4.78, 5) is 15.8. The van der Waals surface area contributed by atoms with Gasteiger partial charge < -0.3 is 10.7 Å². The number of nitrogen functional groups attached to an aromatic ring is 1. The molecule has 0 aliphatic rings. The number of nitrogens with two attached hydrogens (primary N) is 1. The highest BCUT2D eigenvalue weighted by atomic mass is 35.5. The predicted octanol–water partition coefficient (Wildman–Crippen LogP) is 2.41. The number of anilines is 2. The predicted molar refractivity (Wildman–Crippen MR) is 71.4 cm³/mol. The molecule has 2 aromatic rings. The SMILES string of the molecule is NNc1ccc(C(=O)Nc2c(F)cccc2Cl)cn1. The minimum absolute atomic E-state index is 0.0600.